The van der Waals surface area contributed by atoms with Crippen LogP contribution in [0.15, 0.2) is 29.2 Å². The molecule has 1 heterocycles. The molecule has 0 bridgehead atoms. The quantitative estimate of drug-likeness (QED) is 0.845. The monoisotopic (exact) mass is 304 g/mol. The fourth-order valence-corrected chi connectivity index (χ4v) is 2.97. The maximum atomic E-state index is 12.4. The molecule has 4 nitrogen and oxygen atoms in total. The summed E-state index contributed by atoms with van der Waals surface area (Å²) in [5.41, 5.74) is 0.740. The van der Waals surface area contributed by atoms with Gasteiger partial charge in [0.25, 0.3) is 0 Å². The van der Waals surface area contributed by atoms with Crippen molar-refractivity contribution >= 4 is 15.5 Å². The normalized spacial score (nSPS) is 19.4. The highest BCUT2D eigenvalue weighted by atomic mass is 32.2. The van der Waals surface area contributed by atoms with Crippen molar-refractivity contribution in [1.29, 1.82) is 0 Å². The van der Waals surface area contributed by atoms with Gasteiger partial charge in [0.05, 0.1) is 4.90 Å². The number of benzene rings is 1. The molecule has 1 aromatic rings. The molecule has 2 rings (SSSR count). The Hall–Kier alpha value is -1.21. The Morgan fingerprint density at radius 2 is 2.00 bits per heavy atom. The van der Waals surface area contributed by atoms with E-state index in [2.05, 4.69) is 10.6 Å². The van der Waals surface area contributed by atoms with Gasteiger partial charge in [0.1, 0.15) is 0 Å². The van der Waals surface area contributed by atoms with Crippen LogP contribution in [0.4, 0.5) is 14.5 Å². The molecule has 1 aromatic carbocycles. The van der Waals surface area contributed by atoms with Crippen LogP contribution in [0.1, 0.15) is 12.8 Å². The average Bonchev–Trinajstić information content (AvgIpc) is 2.92. The minimum atomic E-state index is -4.50. The predicted octanol–water partition coefficient (Wildman–Crippen LogP) is 2.09. The number of anilines is 1. The van der Waals surface area contributed by atoms with Crippen molar-refractivity contribution in [3.05, 3.63) is 24.3 Å². The second kappa shape index (κ2) is 6.49. The molecule has 0 aromatic heterocycles. The van der Waals surface area contributed by atoms with E-state index in [0.717, 1.165) is 31.7 Å². The zero-order valence-electron chi connectivity index (χ0n) is 11.0. The van der Waals surface area contributed by atoms with Gasteiger partial charge in [0.15, 0.2) is 0 Å². The molecule has 0 aliphatic carbocycles. The number of hydrogen-bond acceptors (Lipinski definition) is 4. The summed E-state index contributed by atoms with van der Waals surface area (Å²) in [4.78, 5) is -0.349. The van der Waals surface area contributed by atoms with Crippen LogP contribution in [0, 0.1) is 5.92 Å². The number of sulfone groups is 1. The molecule has 2 N–H and O–H groups in total. The molecule has 20 heavy (non-hydrogen) atoms. The average molecular weight is 304 g/mol. The molecule has 1 aliphatic rings. The lowest BCUT2D eigenvalue weighted by atomic mass is 10.1. The molecule has 0 spiro atoms. The predicted molar refractivity (Wildman–Crippen MR) is 73.7 cm³/mol. The summed E-state index contributed by atoms with van der Waals surface area (Å²) >= 11 is 0. The summed E-state index contributed by atoms with van der Waals surface area (Å²) in [6.07, 6.45) is 2.21. The van der Waals surface area contributed by atoms with Crippen LogP contribution in [-0.4, -0.2) is 33.8 Å². The van der Waals surface area contributed by atoms with E-state index in [0.29, 0.717) is 5.92 Å². The first-order chi connectivity index (χ1) is 9.50. The molecular formula is C13H18F2N2O2S. The van der Waals surface area contributed by atoms with Gasteiger partial charge >= 0.3 is 5.76 Å². The Kier molecular flexibility index (Phi) is 4.93. The Morgan fingerprint density at radius 1 is 1.30 bits per heavy atom. The first-order valence-corrected chi connectivity index (χ1v) is 8.11. The minimum absolute atomic E-state index is 0.349. The van der Waals surface area contributed by atoms with Gasteiger partial charge in [-0.05, 0) is 56.1 Å². The molecular weight excluding hydrogens is 286 g/mol. The van der Waals surface area contributed by atoms with Crippen molar-refractivity contribution in [3.63, 3.8) is 0 Å². The van der Waals surface area contributed by atoms with Gasteiger partial charge < -0.3 is 10.6 Å². The van der Waals surface area contributed by atoms with Gasteiger partial charge in [-0.2, -0.15) is 8.78 Å². The van der Waals surface area contributed by atoms with E-state index < -0.39 is 15.6 Å². The third kappa shape index (κ3) is 3.67. The molecule has 1 unspecified atom stereocenters. The molecule has 7 heteroatoms. The van der Waals surface area contributed by atoms with Crippen LogP contribution >= 0.6 is 0 Å². The number of halogens is 2. The van der Waals surface area contributed by atoms with E-state index in [-0.39, 0.29) is 4.90 Å². The number of alkyl halides is 2. The van der Waals surface area contributed by atoms with Crippen molar-refractivity contribution in [1.82, 2.24) is 5.32 Å². The van der Waals surface area contributed by atoms with Crippen molar-refractivity contribution in [2.75, 3.05) is 25.0 Å². The van der Waals surface area contributed by atoms with Crippen LogP contribution in [-0.2, 0) is 9.84 Å². The summed E-state index contributed by atoms with van der Waals surface area (Å²) in [6, 6.07) is 5.45. The van der Waals surface area contributed by atoms with Gasteiger partial charge in [-0.3, -0.25) is 0 Å². The molecule has 112 valence electrons. The molecule has 1 saturated heterocycles. The van der Waals surface area contributed by atoms with E-state index in [1.54, 1.807) is 0 Å². The zero-order valence-corrected chi connectivity index (χ0v) is 11.8. The highest BCUT2D eigenvalue weighted by Gasteiger charge is 2.26. The van der Waals surface area contributed by atoms with E-state index in [1.165, 1.54) is 30.7 Å². The lowest BCUT2D eigenvalue weighted by molar-refractivity contribution is 0.234. The number of hydrogen-bond donors (Lipinski definition) is 2. The summed E-state index contributed by atoms with van der Waals surface area (Å²) < 4.78 is 47.2. The van der Waals surface area contributed by atoms with E-state index >= 15 is 0 Å². The van der Waals surface area contributed by atoms with Crippen LogP contribution < -0.4 is 10.6 Å². The van der Waals surface area contributed by atoms with Crippen molar-refractivity contribution < 1.29 is 17.2 Å². The van der Waals surface area contributed by atoms with Crippen molar-refractivity contribution in [3.8, 4) is 0 Å². The first-order valence-electron chi connectivity index (χ1n) is 6.57. The van der Waals surface area contributed by atoms with Crippen LogP contribution in [0.2, 0.25) is 0 Å². The van der Waals surface area contributed by atoms with Crippen molar-refractivity contribution in [2.24, 2.45) is 5.92 Å². The van der Waals surface area contributed by atoms with Gasteiger partial charge in [0.2, 0.25) is 9.84 Å². The zero-order chi connectivity index (χ0) is 14.6. The molecule has 1 atom stereocenters. The highest BCUT2D eigenvalue weighted by molar-refractivity contribution is 7.91. The fraction of sp³-hybridized carbons (Fsp3) is 0.538. The summed E-state index contributed by atoms with van der Waals surface area (Å²) in [6.45, 7) is 2.88. The first kappa shape index (κ1) is 15.2. The Morgan fingerprint density at radius 3 is 2.55 bits per heavy atom. The number of nitrogens with one attached hydrogen (secondary N) is 2. The highest BCUT2D eigenvalue weighted by Crippen LogP contribution is 2.20. The fourth-order valence-electron chi connectivity index (χ4n) is 2.25. The Labute approximate surface area is 117 Å². The third-order valence-electron chi connectivity index (χ3n) is 3.46. The maximum Gasteiger partial charge on any atom is 0.341 e. The Balaban J connectivity index is 1.88. The lowest BCUT2D eigenvalue weighted by Gasteiger charge is -2.11. The van der Waals surface area contributed by atoms with Crippen molar-refractivity contribution in [2.45, 2.75) is 23.5 Å². The molecule has 0 amide bonds. The molecule has 0 saturated carbocycles. The van der Waals surface area contributed by atoms with Gasteiger partial charge in [-0.15, -0.1) is 0 Å². The summed E-state index contributed by atoms with van der Waals surface area (Å²) in [5, 5.41) is 6.46. The van der Waals surface area contributed by atoms with Crippen LogP contribution in [0.3, 0.4) is 0 Å². The second-order valence-corrected chi connectivity index (χ2v) is 6.82. The third-order valence-corrected chi connectivity index (χ3v) is 4.86. The minimum Gasteiger partial charge on any atom is -0.385 e. The molecule has 1 aliphatic heterocycles. The maximum absolute atomic E-state index is 12.4. The molecule has 1 fully saturated rings. The second-order valence-electron chi connectivity index (χ2n) is 4.90. The lowest BCUT2D eigenvalue weighted by Crippen LogP contribution is -2.13. The van der Waals surface area contributed by atoms with E-state index in [9.17, 15) is 17.2 Å². The van der Waals surface area contributed by atoms with E-state index in [4.69, 9.17) is 0 Å². The van der Waals surface area contributed by atoms with Crippen LogP contribution in [0.5, 0.6) is 0 Å². The Bertz CT molecular complexity index is 526. The smallest absolute Gasteiger partial charge is 0.341 e. The SMILES string of the molecule is O=S(=O)(c1ccc(NCCC2CCNC2)cc1)C(F)F. The van der Waals surface area contributed by atoms with Gasteiger partial charge in [0, 0.05) is 12.2 Å². The summed E-state index contributed by atoms with van der Waals surface area (Å²) in [5.74, 6) is -2.71. The standard InChI is InChI=1S/C13H18F2N2O2S/c14-13(15)20(18,19)12-3-1-11(2-4-12)17-8-6-10-5-7-16-9-10/h1-4,10,13,16-17H,5-9H2. The van der Waals surface area contributed by atoms with E-state index in [1.807, 2.05) is 0 Å². The van der Waals surface area contributed by atoms with Gasteiger partial charge in [-0.25, -0.2) is 8.42 Å². The van der Waals surface area contributed by atoms with Gasteiger partial charge in [-0.1, -0.05) is 0 Å². The largest absolute Gasteiger partial charge is 0.385 e. The summed E-state index contributed by atoms with van der Waals surface area (Å²) in [7, 11) is -4.50. The topological polar surface area (TPSA) is 58.2 Å². The molecule has 0 radical (unpaired) electrons. The number of rotatable bonds is 6. The van der Waals surface area contributed by atoms with Crippen LogP contribution in [0.25, 0.3) is 0 Å².